The van der Waals surface area contributed by atoms with Crippen LogP contribution in [0.25, 0.3) is 0 Å². The predicted molar refractivity (Wildman–Crippen MR) is 66.1 cm³/mol. The molecule has 1 aromatic rings. The second-order valence-corrected chi connectivity index (χ2v) is 6.66. The summed E-state index contributed by atoms with van der Waals surface area (Å²) in [6, 6.07) is 0. The van der Waals surface area contributed by atoms with Crippen LogP contribution in [0.15, 0.2) is 9.42 Å². The first-order valence-electron chi connectivity index (χ1n) is 5.95. The van der Waals surface area contributed by atoms with Crippen molar-refractivity contribution in [3.8, 4) is 0 Å². The number of nitrogens with one attached hydrogen (secondary N) is 1. The van der Waals surface area contributed by atoms with E-state index in [4.69, 9.17) is 14.0 Å². The average molecular weight is 290 g/mol. The summed E-state index contributed by atoms with van der Waals surface area (Å²) in [5.74, 6) is -0.395. The maximum Gasteiger partial charge on any atom is 0.246 e. The first-order valence-corrected chi connectivity index (χ1v) is 7.44. The smallest absolute Gasteiger partial charge is 0.246 e. The lowest BCUT2D eigenvalue weighted by Gasteiger charge is -2.17. The van der Waals surface area contributed by atoms with Gasteiger partial charge in [-0.1, -0.05) is 5.16 Å². The van der Waals surface area contributed by atoms with E-state index in [-0.39, 0.29) is 23.3 Å². The highest BCUT2D eigenvalue weighted by molar-refractivity contribution is 7.89. The molecular weight excluding hydrogens is 272 g/mol. The molecule has 2 rings (SSSR count). The van der Waals surface area contributed by atoms with Gasteiger partial charge in [0.25, 0.3) is 0 Å². The normalized spacial score (nSPS) is 22.8. The third-order valence-corrected chi connectivity index (χ3v) is 4.47. The fourth-order valence-corrected chi connectivity index (χ4v) is 3.39. The van der Waals surface area contributed by atoms with Gasteiger partial charge in [-0.25, -0.2) is 13.1 Å². The van der Waals surface area contributed by atoms with Crippen LogP contribution in [0.4, 0.5) is 0 Å². The third-order valence-electron chi connectivity index (χ3n) is 2.80. The summed E-state index contributed by atoms with van der Waals surface area (Å²) in [5, 5.41) is 3.64. The van der Waals surface area contributed by atoms with Gasteiger partial charge in [0.15, 0.2) is 11.5 Å². The Morgan fingerprint density at radius 2 is 2.11 bits per heavy atom. The predicted octanol–water partition coefficient (Wildman–Crippen LogP) is 0.721. The second kappa shape index (κ2) is 4.86. The van der Waals surface area contributed by atoms with E-state index in [2.05, 4.69) is 9.88 Å². The minimum atomic E-state index is -3.64. The maximum absolute atomic E-state index is 12.1. The van der Waals surface area contributed by atoms with Crippen LogP contribution >= 0.6 is 0 Å². The summed E-state index contributed by atoms with van der Waals surface area (Å²) in [4.78, 5) is 0.0886. The Hall–Kier alpha value is -0.960. The molecule has 8 heteroatoms. The number of rotatable bonds is 4. The highest BCUT2D eigenvalue weighted by Crippen LogP contribution is 2.23. The number of hydrogen-bond donors (Lipinski definition) is 1. The number of aryl methyl sites for hydroxylation is 2. The van der Waals surface area contributed by atoms with Gasteiger partial charge in [0.2, 0.25) is 10.0 Å². The van der Waals surface area contributed by atoms with Gasteiger partial charge in [-0.2, -0.15) is 0 Å². The lowest BCUT2D eigenvalue weighted by Crippen LogP contribution is -2.34. The zero-order valence-electron chi connectivity index (χ0n) is 11.4. The Kier molecular flexibility index (Phi) is 3.69. The Balaban J connectivity index is 2.04. The molecule has 19 heavy (non-hydrogen) atoms. The topological polar surface area (TPSA) is 90.7 Å². The molecule has 2 heterocycles. The van der Waals surface area contributed by atoms with Gasteiger partial charge in [0.1, 0.15) is 10.6 Å². The van der Waals surface area contributed by atoms with E-state index >= 15 is 0 Å². The van der Waals surface area contributed by atoms with Crippen molar-refractivity contribution < 1.29 is 22.4 Å². The summed E-state index contributed by atoms with van der Waals surface area (Å²) in [7, 11) is -3.64. The van der Waals surface area contributed by atoms with Crippen molar-refractivity contribution in [2.24, 2.45) is 0 Å². The van der Waals surface area contributed by atoms with Crippen molar-refractivity contribution in [2.45, 2.75) is 44.5 Å². The van der Waals surface area contributed by atoms with Crippen LogP contribution in [0.1, 0.15) is 25.3 Å². The van der Waals surface area contributed by atoms with Crippen LogP contribution in [0.5, 0.6) is 0 Å². The number of sulfonamides is 1. The zero-order valence-corrected chi connectivity index (χ0v) is 12.2. The van der Waals surface area contributed by atoms with Crippen LogP contribution in [0.2, 0.25) is 0 Å². The molecule has 0 bridgehead atoms. The Bertz CT molecular complexity index is 544. The fourth-order valence-electron chi connectivity index (χ4n) is 2.00. The molecule has 1 aliphatic heterocycles. The first-order chi connectivity index (χ1) is 8.71. The largest absolute Gasteiger partial charge is 0.360 e. The van der Waals surface area contributed by atoms with E-state index in [1.54, 1.807) is 27.7 Å². The molecule has 1 aliphatic rings. The van der Waals surface area contributed by atoms with Crippen LogP contribution < -0.4 is 4.72 Å². The molecule has 0 spiro atoms. The van der Waals surface area contributed by atoms with E-state index in [1.165, 1.54) is 0 Å². The van der Waals surface area contributed by atoms with Gasteiger partial charge in [-0.15, -0.1) is 0 Å². The molecule has 108 valence electrons. The SMILES string of the molecule is Cc1noc(C)c1S(=O)(=O)NCC1COC(C)(C)O1. The minimum absolute atomic E-state index is 0.0886. The molecule has 1 unspecified atom stereocenters. The van der Waals surface area contributed by atoms with Crippen LogP contribution in [0, 0.1) is 13.8 Å². The molecule has 0 amide bonds. The summed E-state index contributed by atoms with van der Waals surface area (Å²) >= 11 is 0. The van der Waals surface area contributed by atoms with E-state index in [1.807, 2.05) is 0 Å². The maximum atomic E-state index is 12.1. The molecule has 1 fully saturated rings. The quantitative estimate of drug-likeness (QED) is 0.878. The summed E-state index contributed by atoms with van der Waals surface area (Å²) in [6.07, 6.45) is -0.301. The van der Waals surface area contributed by atoms with Gasteiger partial charge >= 0.3 is 0 Å². The molecular formula is C11H18N2O5S. The minimum Gasteiger partial charge on any atom is -0.360 e. The molecule has 1 N–H and O–H groups in total. The number of aromatic nitrogens is 1. The highest BCUT2D eigenvalue weighted by Gasteiger charge is 2.34. The van der Waals surface area contributed by atoms with Crippen molar-refractivity contribution in [3.63, 3.8) is 0 Å². The van der Waals surface area contributed by atoms with Crippen LogP contribution in [-0.2, 0) is 19.5 Å². The summed E-state index contributed by atoms with van der Waals surface area (Å²) in [6.45, 7) is 7.23. The Morgan fingerprint density at radius 1 is 1.42 bits per heavy atom. The second-order valence-electron chi connectivity index (χ2n) is 4.96. The average Bonchev–Trinajstić information content (AvgIpc) is 2.79. The van der Waals surface area contributed by atoms with Gasteiger partial charge in [0, 0.05) is 6.54 Å². The summed E-state index contributed by atoms with van der Waals surface area (Å²) in [5.41, 5.74) is 0.342. The molecule has 0 aromatic carbocycles. The van der Waals surface area contributed by atoms with Crippen LogP contribution in [0.3, 0.4) is 0 Å². The fraction of sp³-hybridized carbons (Fsp3) is 0.727. The van der Waals surface area contributed by atoms with Gasteiger partial charge in [-0.05, 0) is 27.7 Å². The molecule has 1 aromatic heterocycles. The molecule has 1 saturated heterocycles. The highest BCUT2D eigenvalue weighted by atomic mass is 32.2. The number of nitrogens with zero attached hydrogens (tertiary/aromatic N) is 1. The lowest BCUT2D eigenvalue weighted by atomic mass is 10.4. The van der Waals surface area contributed by atoms with Crippen molar-refractivity contribution >= 4 is 10.0 Å². The zero-order chi connectivity index (χ0) is 14.3. The van der Waals surface area contributed by atoms with Gasteiger partial charge in [-0.3, -0.25) is 0 Å². The summed E-state index contributed by atoms with van der Waals surface area (Å²) < 4.78 is 42.5. The standard InChI is InChI=1S/C11H18N2O5S/c1-7-10(8(2)18-13-7)19(14,15)12-5-9-6-16-11(3,4)17-9/h9,12H,5-6H2,1-4H3. The van der Waals surface area contributed by atoms with Crippen molar-refractivity contribution in [3.05, 3.63) is 11.5 Å². The van der Waals surface area contributed by atoms with Crippen molar-refractivity contribution in [1.82, 2.24) is 9.88 Å². The van der Waals surface area contributed by atoms with Gasteiger partial charge < -0.3 is 14.0 Å². The number of ether oxygens (including phenoxy) is 2. The molecule has 7 nitrogen and oxygen atoms in total. The first kappa shape index (κ1) is 14.4. The monoisotopic (exact) mass is 290 g/mol. The van der Waals surface area contributed by atoms with E-state index in [9.17, 15) is 8.42 Å². The Labute approximate surface area is 112 Å². The molecule has 1 atom stereocenters. The van der Waals surface area contributed by atoms with E-state index in [0.717, 1.165) is 0 Å². The third kappa shape index (κ3) is 3.14. The van der Waals surface area contributed by atoms with Crippen LogP contribution in [-0.4, -0.2) is 38.6 Å². The molecule has 0 saturated carbocycles. The van der Waals surface area contributed by atoms with E-state index < -0.39 is 15.8 Å². The van der Waals surface area contributed by atoms with Crippen molar-refractivity contribution in [2.75, 3.05) is 13.2 Å². The van der Waals surface area contributed by atoms with Crippen molar-refractivity contribution in [1.29, 1.82) is 0 Å². The van der Waals surface area contributed by atoms with Gasteiger partial charge in [0.05, 0.1) is 12.7 Å². The lowest BCUT2D eigenvalue weighted by molar-refractivity contribution is -0.137. The molecule has 0 aliphatic carbocycles. The number of hydrogen-bond acceptors (Lipinski definition) is 6. The molecule has 0 radical (unpaired) electrons. The Morgan fingerprint density at radius 3 is 2.58 bits per heavy atom. The van der Waals surface area contributed by atoms with E-state index in [0.29, 0.717) is 12.3 Å².